The molecule has 0 saturated carbocycles. The molecule has 0 rings (SSSR count). The largest absolute Gasteiger partial charge is 0.463 e. The summed E-state index contributed by atoms with van der Waals surface area (Å²) in [5, 5.41) is 10.0. The Morgan fingerprint density at radius 2 is 0.911 bits per heavy atom. The summed E-state index contributed by atoms with van der Waals surface area (Å²) in [5.74, 6) is -0.223. The average molecular weight is 627 g/mol. The van der Waals surface area contributed by atoms with Crippen molar-refractivity contribution in [2.45, 2.75) is 161 Å². The molecule has 4 nitrogen and oxygen atoms in total. The van der Waals surface area contributed by atoms with Gasteiger partial charge in [-0.15, -0.1) is 0 Å². The lowest BCUT2D eigenvalue weighted by Crippen LogP contribution is -2.24. The number of hydrogen-bond donors (Lipinski definition) is 1. The molecule has 0 amide bonds. The van der Waals surface area contributed by atoms with Crippen molar-refractivity contribution in [1.29, 1.82) is 0 Å². The molecule has 0 aromatic heterocycles. The van der Waals surface area contributed by atoms with Gasteiger partial charge in [0.25, 0.3) is 0 Å². The maximum atomic E-state index is 11.9. The number of unbranched alkanes of at least 4 members (excludes halogenated alkanes) is 13. The Morgan fingerprint density at radius 3 is 1.40 bits per heavy atom. The molecule has 4 heteroatoms. The molecule has 45 heavy (non-hydrogen) atoms. The molecule has 0 fully saturated rings. The topological polar surface area (TPSA) is 55.8 Å². The number of carbonyl (C=O) groups is 1. The third kappa shape index (κ3) is 37.9. The van der Waals surface area contributed by atoms with Crippen molar-refractivity contribution in [3.63, 3.8) is 0 Å². The molecular formula is C41H70O4. The van der Waals surface area contributed by atoms with E-state index in [4.69, 9.17) is 9.47 Å². The van der Waals surface area contributed by atoms with E-state index in [2.05, 4.69) is 86.8 Å². The van der Waals surface area contributed by atoms with Crippen LogP contribution < -0.4 is 0 Å². The van der Waals surface area contributed by atoms with E-state index in [1.807, 2.05) is 0 Å². The number of aliphatic hydroxyl groups excluding tert-OH is 1. The summed E-state index contributed by atoms with van der Waals surface area (Å²) in [6.45, 7) is 5.32. The Labute approximate surface area is 278 Å². The average Bonchev–Trinajstić information content (AvgIpc) is 3.04. The summed E-state index contributed by atoms with van der Waals surface area (Å²) in [4.78, 5) is 11.9. The number of esters is 1. The van der Waals surface area contributed by atoms with E-state index < -0.39 is 6.10 Å². The van der Waals surface area contributed by atoms with E-state index in [1.54, 1.807) is 0 Å². The molecular weight excluding hydrogens is 556 g/mol. The Hall–Kier alpha value is -2.17. The Morgan fingerprint density at radius 1 is 0.511 bits per heavy atom. The highest BCUT2D eigenvalue weighted by molar-refractivity contribution is 5.69. The fraction of sp³-hybridized carbons (Fsp3) is 0.683. The van der Waals surface area contributed by atoms with Crippen LogP contribution in [0.4, 0.5) is 0 Å². The lowest BCUT2D eigenvalue weighted by molar-refractivity contribution is -0.147. The fourth-order valence-electron chi connectivity index (χ4n) is 4.64. The van der Waals surface area contributed by atoms with Gasteiger partial charge in [0.1, 0.15) is 12.7 Å². The van der Waals surface area contributed by atoms with Gasteiger partial charge in [-0.2, -0.15) is 0 Å². The molecule has 0 aliphatic rings. The fourth-order valence-corrected chi connectivity index (χ4v) is 4.64. The van der Waals surface area contributed by atoms with Crippen molar-refractivity contribution in [3.05, 3.63) is 72.9 Å². The van der Waals surface area contributed by atoms with Crippen molar-refractivity contribution in [1.82, 2.24) is 0 Å². The first-order chi connectivity index (χ1) is 22.2. The minimum absolute atomic E-state index is 0.0152. The van der Waals surface area contributed by atoms with Crippen molar-refractivity contribution in [2.75, 3.05) is 19.8 Å². The maximum Gasteiger partial charge on any atom is 0.305 e. The first-order valence-corrected chi connectivity index (χ1v) is 18.5. The minimum Gasteiger partial charge on any atom is -0.463 e. The second kappa shape index (κ2) is 38.0. The second-order valence-electron chi connectivity index (χ2n) is 12.0. The van der Waals surface area contributed by atoms with E-state index in [1.165, 1.54) is 64.2 Å². The molecule has 0 bridgehead atoms. The van der Waals surface area contributed by atoms with E-state index in [-0.39, 0.29) is 19.2 Å². The molecule has 0 aliphatic carbocycles. The van der Waals surface area contributed by atoms with Gasteiger partial charge in [-0.25, -0.2) is 0 Å². The number of ether oxygens (including phenoxy) is 2. The maximum absolute atomic E-state index is 11.9. The molecule has 258 valence electrons. The number of rotatable bonds is 33. The number of aliphatic hydroxyl groups is 1. The van der Waals surface area contributed by atoms with Gasteiger partial charge in [-0.05, 0) is 89.9 Å². The predicted octanol–water partition coefficient (Wildman–Crippen LogP) is 11.9. The van der Waals surface area contributed by atoms with Crippen LogP contribution in [0.25, 0.3) is 0 Å². The summed E-state index contributed by atoms with van der Waals surface area (Å²) in [7, 11) is 0. The van der Waals surface area contributed by atoms with Crippen LogP contribution in [0, 0.1) is 0 Å². The van der Waals surface area contributed by atoms with E-state index in [0.29, 0.717) is 13.0 Å². The monoisotopic (exact) mass is 627 g/mol. The van der Waals surface area contributed by atoms with Crippen LogP contribution in [-0.2, 0) is 14.3 Å². The summed E-state index contributed by atoms with van der Waals surface area (Å²) < 4.78 is 10.8. The smallest absolute Gasteiger partial charge is 0.305 e. The van der Waals surface area contributed by atoms with Crippen LogP contribution in [0.5, 0.6) is 0 Å². The Bertz CT molecular complexity index is 789. The lowest BCUT2D eigenvalue weighted by Gasteiger charge is -2.12. The minimum atomic E-state index is -0.757. The third-order valence-electron chi connectivity index (χ3n) is 7.45. The SMILES string of the molecule is CCCCC/C=C\C/C=C\C/C=C\C/C=C\CCCCOC[C@@H](O)COC(=O)CCCCCCC/C=C\C/C=C\CCCCC. The highest BCUT2D eigenvalue weighted by Gasteiger charge is 2.09. The molecule has 0 aliphatic heterocycles. The van der Waals surface area contributed by atoms with Crippen LogP contribution in [0.3, 0.4) is 0 Å². The van der Waals surface area contributed by atoms with Crippen molar-refractivity contribution in [3.8, 4) is 0 Å². The summed E-state index contributed by atoms with van der Waals surface area (Å²) in [6.07, 6.45) is 50.7. The molecule has 1 atom stereocenters. The normalized spacial score (nSPS) is 13.2. The molecule has 0 aromatic rings. The molecule has 0 radical (unpaired) electrons. The summed E-state index contributed by atoms with van der Waals surface area (Å²) in [5.41, 5.74) is 0. The first kappa shape index (κ1) is 42.8. The summed E-state index contributed by atoms with van der Waals surface area (Å²) >= 11 is 0. The van der Waals surface area contributed by atoms with Crippen LogP contribution in [0.1, 0.15) is 155 Å². The van der Waals surface area contributed by atoms with Gasteiger partial charge in [0.15, 0.2) is 0 Å². The lowest BCUT2D eigenvalue weighted by atomic mass is 10.1. The number of hydrogen-bond acceptors (Lipinski definition) is 4. The van der Waals surface area contributed by atoms with Gasteiger partial charge in [0.05, 0.1) is 6.61 Å². The molecule has 0 aromatic carbocycles. The highest BCUT2D eigenvalue weighted by atomic mass is 16.5. The zero-order valence-electron chi connectivity index (χ0n) is 29.4. The van der Waals surface area contributed by atoms with Crippen LogP contribution in [0.15, 0.2) is 72.9 Å². The van der Waals surface area contributed by atoms with Gasteiger partial charge in [-0.3, -0.25) is 4.79 Å². The van der Waals surface area contributed by atoms with Crippen LogP contribution >= 0.6 is 0 Å². The van der Waals surface area contributed by atoms with Gasteiger partial charge >= 0.3 is 5.97 Å². The number of allylic oxidation sites excluding steroid dienone is 12. The van der Waals surface area contributed by atoms with Crippen molar-refractivity contribution in [2.24, 2.45) is 0 Å². The molecule has 0 unspecified atom stereocenters. The van der Waals surface area contributed by atoms with Crippen LogP contribution in [-0.4, -0.2) is 37.0 Å². The van der Waals surface area contributed by atoms with Gasteiger partial charge in [0, 0.05) is 13.0 Å². The molecule has 1 N–H and O–H groups in total. The van der Waals surface area contributed by atoms with Gasteiger partial charge in [0.2, 0.25) is 0 Å². The predicted molar refractivity (Wildman–Crippen MR) is 196 cm³/mol. The van der Waals surface area contributed by atoms with E-state index in [9.17, 15) is 9.90 Å². The zero-order valence-corrected chi connectivity index (χ0v) is 29.4. The molecule has 0 spiro atoms. The quantitative estimate of drug-likeness (QED) is 0.0447. The highest BCUT2D eigenvalue weighted by Crippen LogP contribution is 2.09. The summed E-state index contributed by atoms with van der Waals surface area (Å²) in [6, 6.07) is 0. The first-order valence-electron chi connectivity index (χ1n) is 18.5. The Kier molecular flexibility index (Phi) is 36.2. The van der Waals surface area contributed by atoms with Crippen molar-refractivity contribution < 1.29 is 19.4 Å². The van der Waals surface area contributed by atoms with E-state index in [0.717, 1.165) is 70.6 Å². The standard InChI is InChI=1S/C41H70O4/c1-3-5-7-9-11-13-15-17-19-20-21-23-25-27-29-31-33-35-37-44-38-40(42)39-45-41(43)36-34-32-30-28-26-24-22-18-16-14-12-10-8-6-4-2/h11-14,17-19,21-23,27,29,40,42H,3-10,15-16,20,24-26,28,30-39H2,1-2H3/b13-11-,14-12-,19-17-,22-18-,23-21-,29-27-/t40-/m1/s1. The van der Waals surface area contributed by atoms with Crippen molar-refractivity contribution >= 4 is 5.97 Å². The second-order valence-corrected chi connectivity index (χ2v) is 12.0. The third-order valence-corrected chi connectivity index (χ3v) is 7.45. The van der Waals surface area contributed by atoms with Gasteiger partial charge < -0.3 is 14.6 Å². The zero-order chi connectivity index (χ0) is 32.7. The van der Waals surface area contributed by atoms with E-state index >= 15 is 0 Å². The van der Waals surface area contributed by atoms with Gasteiger partial charge in [-0.1, -0.05) is 132 Å². The molecule has 0 saturated heterocycles. The Balaban J connectivity index is 3.47. The molecule has 0 heterocycles. The number of carbonyl (C=O) groups excluding carboxylic acids is 1. The van der Waals surface area contributed by atoms with Crippen LogP contribution in [0.2, 0.25) is 0 Å².